The van der Waals surface area contributed by atoms with Crippen molar-refractivity contribution in [3.05, 3.63) is 109 Å². The lowest BCUT2D eigenvalue weighted by atomic mass is 10.0. The SMILES string of the molecule is COc1cc(Nc2ncccc2-c2nc(Nc3cccc(NC(Cc4ccccc4)C4=COCO4)c3)n[nH]2)cc(OC)c1. The van der Waals surface area contributed by atoms with Crippen molar-refractivity contribution >= 4 is 28.8 Å². The number of anilines is 5. The number of H-pyrrole nitrogens is 1. The van der Waals surface area contributed by atoms with E-state index in [0.29, 0.717) is 29.1 Å². The third-order valence-electron chi connectivity index (χ3n) is 6.74. The Morgan fingerprint density at radius 1 is 0.860 bits per heavy atom. The van der Waals surface area contributed by atoms with Crippen LogP contribution in [0.3, 0.4) is 0 Å². The first kappa shape index (κ1) is 27.5. The van der Waals surface area contributed by atoms with Gasteiger partial charge in [-0.3, -0.25) is 5.10 Å². The van der Waals surface area contributed by atoms with Gasteiger partial charge in [0, 0.05) is 41.5 Å². The Kier molecular flexibility index (Phi) is 8.21. The molecule has 3 aromatic carbocycles. The Labute approximate surface area is 248 Å². The number of pyridine rings is 1. The van der Waals surface area contributed by atoms with Crippen molar-refractivity contribution in [2.45, 2.75) is 12.5 Å². The van der Waals surface area contributed by atoms with Gasteiger partial charge in [-0.15, -0.1) is 5.10 Å². The maximum absolute atomic E-state index is 5.71. The van der Waals surface area contributed by atoms with E-state index in [2.05, 4.69) is 48.2 Å². The molecule has 5 aromatic rings. The summed E-state index contributed by atoms with van der Waals surface area (Å²) in [5.41, 5.74) is 4.42. The van der Waals surface area contributed by atoms with Crippen LogP contribution >= 0.6 is 0 Å². The standard InChI is InChI=1S/C32H31N7O4/c1-40-25-16-24(17-26(18-25)41-2)35-30-27(12-7-13-33-30)31-37-32(39-38-31)36-23-11-6-10-22(15-23)34-28(29-19-42-20-43-29)14-21-8-4-3-5-9-21/h3-13,15-19,28,34H,14,20H2,1-2H3,(H,33,35)(H2,36,37,38,39). The van der Waals surface area contributed by atoms with Crippen molar-refractivity contribution in [2.75, 3.05) is 37.0 Å². The minimum absolute atomic E-state index is 0.101. The second kappa shape index (κ2) is 12.9. The second-order valence-electron chi connectivity index (χ2n) is 9.68. The number of aromatic nitrogens is 4. The smallest absolute Gasteiger partial charge is 0.246 e. The summed E-state index contributed by atoms with van der Waals surface area (Å²) in [6.07, 6.45) is 4.12. The minimum atomic E-state index is -0.101. The third-order valence-corrected chi connectivity index (χ3v) is 6.74. The highest BCUT2D eigenvalue weighted by atomic mass is 16.7. The van der Waals surface area contributed by atoms with E-state index in [1.165, 1.54) is 5.56 Å². The largest absolute Gasteiger partial charge is 0.497 e. The van der Waals surface area contributed by atoms with Gasteiger partial charge in [0.15, 0.2) is 11.6 Å². The molecular weight excluding hydrogens is 546 g/mol. The van der Waals surface area contributed by atoms with E-state index >= 15 is 0 Å². The summed E-state index contributed by atoms with van der Waals surface area (Å²) >= 11 is 0. The number of nitrogens with one attached hydrogen (secondary N) is 4. The van der Waals surface area contributed by atoms with Gasteiger partial charge in [-0.25, -0.2) is 4.98 Å². The normalized spacial score (nSPS) is 12.8. The van der Waals surface area contributed by atoms with Crippen LogP contribution in [0.5, 0.6) is 11.5 Å². The maximum atomic E-state index is 5.71. The molecule has 0 radical (unpaired) electrons. The molecular formula is C32H31N7O4. The van der Waals surface area contributed by atoms with Gasteiger partial charge in [-0.2, -0.15) is 4.98 Å². The number of hydrogen-bond donors (Lipinski definition) is 4. The van der Waals surface area contributed by atoms with Gasteiger partial charge in [0.2, 0.25) is 12.7 Å². The van der Waals surface area contributed by atoms with Crippen molar-refractivity contribution < 1.29 is 18.9 Å². The highest BCUT2D eigenvalue weighted by Crippen LogP contribution is 2.31. The van der Waals surface area contributed by atoms with Crippen LogP contribution < -0.4 is 25.4 Å². The number of hydrogen-bond acceptors (Lipinski definition) is 10. The molecule has 0 amide bonds. The highest BCUT2D eigenvalue weighted by Gasteiger charge is 2.21. The Morgan fingerprint density at radius 3 is 2.44 bits per heavy atom. The van der Waals surface area contributed by atoms with Crippen LogP contribution in [0, 0.1) is 0 Å². The number of methoxy groups -OCH3 is 2. The average molecular weight is 578 g/mol. The van der Waals surface area contributed by atoms with Crippen molar-refractivity contribution in [3.8, 4) is 22.9 Å². The van der Waals surface area contributed by atoms with E-state index in [4.69, 9.17) is 18.9 Å². The quantitative estimate of drug-likeness (QED) is 0.135. The molecule has 43 heavy (non-hydrogen) atoms. The van der Waals surface area contributed by atoms with Gasteiger partial charge in [0.1, 0.15) is 23.6 Å². The molecule has 11 heteroatoms. The number of ether oxygens (including phenoxy) is 4. The summed E-state index contributed by atoms with van der Waals surface area (Å²) in [6.45, 7) is 0.221. The molecule has 1 aliphatic rings. The molecule has 0 saturated carbocycles. The lowest BCUT2D eigenvalue weighted by molar-refractivity contribution is 0.0764. The molecule has 0 spiro atoms. The molecule has 3 heterocycles. The van der Waals surface area contributed by atoms with E-state index in [1.807, 2.05) is 66.7 Å². The molecule has 6 rings (SSSR count). The molecule has 11 nitrogen and oxygen atoms in total. The lowest BCUT2D eigenvalue weighted by Gasteiger charge is -2.20. The monoisotopic (exact) mass is 577 g/mol. The summed E-state index contributed by atoms with van der Waals surface area (Å²) in [6, 6.07) is 27.4. The van der Waals surface area contributed by atoms with Crippen LogP contribution in [0.4, 0.5) is 28.8 Å². The van der Waals surface area contributed by atoms with Gasteiger partial charge >= 0.3 is 0 Å². The van der Waals surface area contributed by atoms with E-state index < -0.39 is 0 Å². The van der Waals surface area contributed by atoms with Crippen molar-refractivity contribution in [3.63, 3.8) is 0 Å². The summed E-state index contributed by atoms with van der Waals surface area (Å²) in [4.78, 5) is 9.21. The Hall–Kier alpha value is -5.71. The number of benzene rings is 3. The van der Waals surface area contributed by atoms with E-state index in [1.54, 1.807) is 32.7 Å². The number of rotatable bonds is 12. The lowest BCUT2D eigenvalue weighted by Crippen LogP contribution is -2.25. The topological polar surface area (TPSA) is 127 Å². The molecule has 218 valence electrons. The Bertz CT molecular complexity index is 1690. The Balaban J connectivity index is 1.18. The molecule has 1 unspecified atom stereocenters. The molecule has 0 bridgehead atoms. The fourth-order valence-corrected chi connectivity index (χ4v) is 4.68. The fourth-order valence-electron chi connectivity index (χ4n) is 4.68. The predicted octanol–water partition coefficient (Wildman–Crippen LogP) is 6.24. The number of nitrogens with zero attached hydrogens (tertiary/aromatic N) is 3. The number of aromatic amines is 1. The fraction of sp³-hybridized carbons (Fsp3) is 0.156. The van der Waals surface area contributed by atoms with E-state index in [9.17, 15) is 0 Å². The van der Waals surface area contributed by atoms with Crippen LogP contribution in [0.1, 0.15) is 5.56 Å². The van der Waals surface area contributed by atoms with E-state index in [-0.39, 0.29) is 12.8 Å². The second-order valence-corrected chi connectivity index (χ2v) is 9.68. The summed E-state index contributed by atoms with van der Waals surface area (Å²) in [7, 11) is 3.22. The van der Waals surface area contributed by atoms with Crippen LogP contribution in [0.15, 0.2) is 103 Å². The van der Waals surface area contributed by atoms with Gasteiger partial charge in [-0.1, -0.05) is 36.4 Å². The zero-order valence-electron chi connectivity index (χ0n) is 23.7. The summed E-state index contributed by atoms with van der Waals surface area (Å²) < 4.78 is 21.8. The first-order chi connectivity index (χ1) is 21.2. The van der Waals surface area contributed by atoms with Crippen LogP contribution in [0.25, 0.3) is 11.4 Å². The molecule has 4 N–H and O–H groups in total. The molecule has 0 aliphatic carbocycles. The van der Waals surface area contributed by atoms with Crippen molar-refractivity contribution in [1.82, 2.24) is 20.2 Å². The molecule has 2 aromatic heterocycles. The first-order valence-electron chi connectivity index (χ1n) is 13.7. The zero-order valence-corrected chi connectivity index (χ0v) is 23.7. The molecule has 0 saturated heterocycles. The van der Waals surface area contributed by atoms with Crippen molar-refractivity contribution in [1.29, 1.82) is 0 Å². The molecule has 0 fully saturated rings. The first-order valence-corrected chi connectivity index (χ1v) is 13.7. The van der Waals surface area contributed by atoms with Crippen LogP contribution in [-0.2, 0) is 15.9 Å². The predicted molar refractivity (Wildman–Crippen MR) is 165 cm³/mol. The van der Waals surface area contributed by atoms with Gasteiger partial charge in [-0.05, 0) is 42.3 Å². The van der Waals surface area contributed by atoms with Crippen LogP contribution in [0.2, 0.25) is 0 Å². The highest BCUT2D eigenvalue weighted by molar-refractivity contribution is 5.76. The molecule has 1 aliphatic heterocycles. The minimum Gasteiger partial charge on any atom is -0.497 e. The summed E-state index contributed by atoms with van der Waals surface area (Å²) in [5, 5.41) is 17.6. The van der Waals surface area contributed by atoms with Gasteiger partial charge in [0.05, 0.1) is 25.8 Å². The van der Waals surface area contributed by atoms with Gasteiger partial charge in [0.25, 0.3) is 0 Å². The molecule has 1 atom stereocenters. The third kappa shape index (κ3) is 6.79. The van der Waals surface area contributed by atoms with Crippen molar-refractivity contribution in [2.24, 2.45) is 0 Å². The summed E-state index contributed by atoms with van der Waals surface area (Å²) in [5.74, 6) is 3.65. The van der Waals surface area contributed by atoms with Crippen LogP contribution in [-0.4, -0.2) is 47.2 Å². The average Bonchev–Trinajstić information content (AvgIpc) is 3.75. The van der Waals surface area contributed by atoms with Gasteiger partial charge < -0.3 is 34.9 Å². The van der Waals surface area contributed by atoms with E-state index in [0.717, 1.165) is 34.8 Å². The Morgan fingerprint density at radius 2 is 1.67 bits per heavy atom. The zero-order chi connectivity index (χ0) is 29.4. The maximum Gasteiger partial charge on any atom is 0.246 e.